The van der Waals surface area contributed by atoms with Gasteiger partial charge < -0.3 is 9.47 Å². The summed E-state index contributed by atoms with van der Waals surface area (Å²) in [7, 11) is 0. The van der Waals surface area contributed by atoms with Crippen LogP contribution in [0.4, 0.5) is 5.69 Å². The summed E-state index contributed by atoms with van der Waals surface area (Å²) in [5, 5.41) is 1.74. The van der Waals surface area contributed by atoms with E-state index in [2.05, 4.69) is 5.43 Å². The molecule has 2 aliphatic rings. The van der Waals surface area contributed by atoms with Gasteiger partial charge in [-0.05, 0) is 48.0 Å². The number of nitrogens with zero attached hydrogens (tertiary/aromatic N) is 1. The number of ether oxygens (including phenoxy) is 2. The summed E-state index contributed by atoms with van der Waals surface area (Å²) in [4.78, 5) is 24.7. The molecule has 0 radical (unpaired) electrons. The quantitative estimate of drug-likeness (QED) is 0.672. The lowest BCUT2D eigenvalue weighted by atomic mass is 10.1. The minimum absolute atomic E-state index is 0.0452. The molecule has 120 valence electrons. The molecule has 2 amide bonds. The second-order valence-corrected chi connectivity index (χ2v) is 5.67. The molecule has 2 heterocycles. The zero-order valence-electron chi connectivity index (χ0n) is 12.3. The SMILES string of the molecule is O=C1NN(c2ccc(Cl)cc2)C(=O)C1=Cc1ccc2c(c1)OCO2. The van der Waals surface area contributed by atoms with E-state index in [1.165, 1.54) is 11.1 Å². The highest BCUT2D eigenvalue weighted by Crippen LogP contribution is 2.33. The Bertz CT molecular complexity index is 877. The Hall–Kier alpha value is -2.99. The fraction of sp³-hybridized carbons (Fsp3) is 0.0588. The molecule has 1 fully saturated rings. The van der Waals surface area contributed by atoms with E-state index in [1.807, 2.05) is 0 Å². The summed E-state index contributed by atoms with van der Waals surface area (Å²) < 4.78 is 10.5. The van der Waals surface area contributed by atoms with Gasteiger partial charge in [-0.15, -0.1) is 0 Å². The van der Waals surface area contributed by atoms with Crippen LogP contribution in [0, 0.1) is 0 Å². The van der Waals surface area contributed by atoms with Crippen LogP contribution in [0.5, 0.6) is 11.5 Å². The first-order chi connectivity index (χ1) is 11.6. The van der Waals surface area contributed by atoms with Crippen molar-refractivity contribution in [2.45, 2.75) is 0 Å². The van der Waals surface area contributed by atoms with Crippen molar-refractivity contribution >= 4 is 35.2 Å². The third-order valence-electron chi connectivity index (χ3n) is 3.68. The van der Waals surface area contributed by atoms with Crippen molar-refractivity contribution in [2.24, 2.45) is 0 Å². The highest BCUT2D eigenvalue weighted by Gasteiger charge is 2.34. The first kappa shape index (κ1) is 14.6. The van der Waals surface area contributed by atoms with Gasteiger partial charge >= 0.3 is 0 Å². The molecule has 6 nitrogen and oxygen atoms in total. The van der Waals surface area contributed by atoms with Gasteiger partial charge in [-0.1, -0.05) is 17.7 Å². The molecule has 2 aromatic carbocycles. The number of carbonyl (C=O) groups excluding carboxylic acids is 2. The van der Waals surface area contributed by atoms with Crippen LogP contribution < -0.4 is 19.9 Å². The lowest BCUT2D eigenvalue weighted by Crippen LogP contribution is -2.35. The average molecular weight is 343 g/mol. The molecule has 2 aliphatic heterocycles. The van der Waals surface area contributed by atoms with Crippen molar-refractivity contribution in [2.75, 3.05) is 11.8 Å². The summed E-state index contributed by atoms with van der Waals surface area (Å²) in [6, 6.07) is 11.8. The number of nitrogens with one attached hydrogen (secondary N) is 1. The van der Waals surface area contributed by atoms with E-state index in [0.717, 1.165) is 0 Å². The maximum atomic E-state index is 12.5. The topological polar surface area (TPSA) is 67.9 Å². The highest BCUT2D eigenvalue weighted by molar-refractivity contribution is 6.32. The number of amides is 2. The second kappa shape index (κ2) is 5.58. The van der Waals surface area contributed by atoms with Crippen LogP contribution in [0.25, 0.3) is 6.08 Å². The van der Waals surface area contributed by atoms with Gasteiger partial charge in [0.25, 0.3) is 11.8 Å². The van der Waals surface area contributed by atoms with Crippen molar-refractivity contribution in [1.29, 1.82) is 0 Å². The first-order valence-electron chi connectivity index (χ1n) is 7.14. The molecule has 0 unspecified atom stereocenters. The van der Waals surface area contributed by atoms with Crippen LogP contribution in [-0.4, -0.2) is 18.6 Å². The van der Waals surface area contributed by atoms with E-state index >= 15 is 0 Å². The van der Waals surface area contributed by atoms with Gasteiger partial charge in [0.2, 0.25) is 6.79 Å². The summed E-state index contributed by atoms with van der Waals surface area (Å²) >= 11 is 5.84. The smallest absolute Gasteiger partial charge is 0.282 e. The summed E-state index contributed by atoms with van der Waals surface area (Å²) in [5.74, 6) is 0.333. The van der Waals surface area contributed by atoms with Gasteiger partial charge in [0, 0.05) is 5.02 Å². The van der Waals surface area contributed by atoms with Gasteiger partial charge in [0.05, 0.1) is 5.69 Å². The highest BCUT2D eigenvalue weighted by atomic mass is 35.5. The second-order valence-electron chi connectivity index (χ2n) is 5.23. The Labute approximate surface area is 142 Å². The van der Waals surface area contributed by atoms with Crippen molar-refractivity contribution in [3.05, 3.63) is 58.6 Å². The van der Waals surface area contributed by atoms with E-state index in [9.17, 15) is 9.59 Å². The molecule has 0 aliphatic carbocycles. The third-order valence-corrected chi connectivity index (χ3v) is 3.94. The van der Waals surface area contributed by atoms with E-state index in [4.69, 9.17) is 21.1 Å². The minimum atomic E-state index is -0.465. The fourth-order valence-electron chi connectivity index (χ4n) is 2.50. The van der Waals surface area contributed by atoms with Crippen LogP contribution in [0.1, 0.15) is 5.56 Å². The number of halogens is 1. The number of hydrazine groups is 1. The Morgan fingerprint density at radius 1 is 1.04 bits per heavy atom. The van der Waals surface area contributed by atoms with Gasteiger partial charge in [-0.2, -0.15) is 0 Å². The average Bonchev–Trinajstić information content (AvgIpc) is 3.15. The lowest BCUT2D eigenvalue weighted by Gasteiger charge is -2.14. The normalized spacial score (nSPS) is 17.5. The maximum absolute atomic E-state index is 12.5. The number of fused-ring (bicyclic) bond motifs is 1. The van der Waals surface area contributed by atoms with Crippen LogP contribution in [0.15, 0.2) is 48.0 Å². The molecule has 24 heavy (non-hydrogen) atoms. The van der Waals surface area contributed by atoms with Crippen molar-refractivity contribution in [1.82, 2.24) is 5.43 Å². The largest absolute Gasteiger partial charge is 0.454 e. The van der Waals surface area contributed by atoms with E-state index in [0.29, 0.717) is 27.8 Å². The predicted octanol–water partition coefficient (Wildman–Crippen LogP) is 2.53. The van der Waals surface area contributed by atoms with Gasteiger partial charge in [-0.3, -0.25) is 15.0 Å². The van der Waals surface area contributed by atoms with Gasteiger partial charge in [0.15, 0.2) is 11.5 Å². The summed E-state index contributed by atoms with van der Waals surface area (Å²) in [6.07, 6.45) is 1.52. The number of rotatable bonds is 2. The number of hydrogen-bond donors (Lipinski definition) is 1. The number of hydrogen-bond acceptors (Lipinski definition) is 4. The molecule has 0 aromatic heterocycles. The van der Waals surface area contributed by atoms with Gasteiger partial charge in [-0.25, -0.2) is 5.01 Å². The summed E-state index contributed by atoms with van der Waals surface area (Å²) in [6.45, 7) is 0.166. The van der Waals surface area contributed by atoms with E-state index in [-0.39, 0.29) is 12.4 Å². The zero-order chi connectivity index (χ0) is 16.7. The minimum Gasteiger partial charge on any atom is -0.454 e. The van der Waals surface area contributed by atoms with Crippen LogP contribution in [0.3, 0.4) is 0 Å². The Balaban J connectivity index is 1.65. The number of benzene rings is 2. The van der Waals surface area contributed by atoms with E-state index in [1.54, 1.807) is 42.5 Å². The molecule has 0 spiro atoms. The van der Waals surface area contributed by atoms with Crippen LogP contribution in [-0.2, 0) is 9.59 Å². The van der Waals surface area contributed by atoms with Crippen molar-refractivity contribution in [3.8, 4) is 11.5 Å². The first-order valence-corrected chi connectivity index (χ1v) is 7.52. The molecule has 0 bridgehead atoms. The molecule has 4 rings (SSSR count). The Morgan fingerprint density at radius 2 is 1.79 bits per heavy atom. The van der Waals surface area contributed by atoms with Crippen molar-refractivity contribution in [3.63, 3.8) is 0 Å². The molecular weight excluding hydrogens is 332 g/mol. The third kappa shape index (κ3) is 2.47. The van der Waals surface area contributed by atoms with Crippen molar-refractivity contribution < 1.29 is 19.1 Å². The van der Waals surface area contributed by atoms with E-state index < -0.39 is 11.8 Å². The molecule has 1 saturated heterocycles. The number of anilines is 1. The Morgan fingerprint density at radius 3 is 2.58 bits per heavy atom. The predicted molar refractivity (Wildman–Crippen MR) is 87.6 cm³/mol. The van der Waals surface area contributed by atoms with Crippen LogP contribution in [0.2, 0.25) is 5.02 Å². The lowest BCUT2D eigenvalue weighted by molar-refractivity contribution is -0.117. The molecule has 1 N–H and O–H groups in total. The molecule has 7 heteroatoms. The molecule has 0 atom stereocenters. The molecule has 2 aromatic rings. The van der Waals surface area contributed by atoms with Gasteiger partial charge in [0.1, 0.15) is 5.57 Å². The Kier molecular flexibility index (Phi) is 3.39. The number of carbonyl (C=O) groups is 2. The monoisotopic (exact) mass is 342 g/mol. The summed E-state index contributed by atoms with van der Waals surface area (Å²) in [5.41, 5.74) is 3.80. The zero-order valence-corrected chi connectivity index (χ0v) is 13.0. The van der Waals surface area contributed by atoms with Crippen LogP contribution >= 0.6 is 11.6 Å². The molecule has 0 saturated carbocycles. The fourth-order valence-corrected chi connectivity index (χ4v) is 2.62. The molecular formula is C17H11ClN2O4. The standard InChI is InChI=1S/C17H11ClN2O4/c18-11-2-4-12(5-3-11)20-17(22)13(16(21)19-20)7-10-1-6-14-15(8-10)24-9-23-14/h1-8H,9H2,(H,19,21). The maximum Gasteiger partial charge on any atom is 0.282 e.